The Hall–Kier alpha value is -3.22. The second-order valence-corrected chi connectivity index (χ2v) is 5.86. The fourth-order valence-corrected chi connectivity index (χ4v) is 2.73. The third kappa shape index (κ3) is 3.72. The molecule has 1 aromatic heterocycles. The van der Waals surface area contributed by atoms with E-state index < -0.39 is 0 Å². The molecule has 7 nitrogen and oxygen atoms in total. The van der Waals surface area contributed by atoms with Gasteiger partial charge in [0.05, 0.1) is 5.69 Å². The van der Waals surface area contributed by atoms with Crippen LogP contribution in [0.5, 0.6) is 0 Å². The Morgan fingerprint density at radius 1 is 1.12 bits per heavy atom. The maximum atomic E-state index is 12.4. The predicted molar refractivity (Wildman–Crippen MR) is 102 cm³/mol. The minimum atomic E-state index is -0.383. The van der Waals surface area contributed by atoms with Crippen LogP contribution in [0, 0.1) is 6.92 Å². The number of anilines is 2. The van der Waals surface area contributed by atoms with Crippen LogP contribution in [-0.4, -0.2) is 39.2 Å². The Labute approximate surface area is 152 Å². The van der Waals surface area contributed by atoms with Gasteiger partial charge in [-0.05, 0) is 61.9 Å². The van der Waals surface area contributed by atoms with Gasteiger partial charge in [0.1, 0.15) is 0 Å². The Bertz CT molecular complexity index is 886. The fourth-order valence-electron chi connectivity index (χ4n) is 2.73. The molecule has 134 valence electrons. The predicted octanol–water partition coefficient (Wildman–Crippen LogP) is 3.07. The van der Waals surface area contributed by atoms with E-state index in [1.807, 2.05) is 49.4 Å². The van der Waals surface area contributed by atoms with Gasteiger partial charge in [-0.2, -0.15) is 0 Å². The molecule has 0 unspecified atom stereocenters. The normalized spacial score (nSPS) is 10.6. The zero-order chi connectivity index (χ0) is 18.5. The highest BCUT2D eigenvalue weighted by molar-refractivity contribution is 6.01. The van der Waals surface area contributed by atoms with E-state index in [0.29, 0.717) is 0 Å². The molecule has 1 heterocycles. The molecular formula is C19H22N6O. The molecule has 0 bridgehead atoms. The minimum Gasteiger partial charge on any atom is -0.372 e. The van der Waals surface area contributed by atoms with Crippen molar-refractivity contribution in [3.8, 4) is 5.69 Å². The highest BCUT2D eigenvalue weighted by atomic mass is 16.2. The largest absolute Gasteiger partial charge is 0.372 e. The highest BCUT2D eigenvalue weighted by Crippen LogP contribution is 2.23. The summed E-state index contributed by atoms with van der Waals surface area (Å²) in [5, 5.41) is 14.8. The molecule has 0 aliphatic rings. The van der Waals surface area contributed by atoms with Gasteiger partial charge in [-0.1, -0.05) is 18.2 Å². The third-order valence-corrected chi connectivity index (χ3v) is 4.19. The van der Waals surface area contributed by atoms with Gasteiger partial charge < -0.3 is 10.2 Å². The molecule has 3 rings (SSSR count). The Morgan fingerprint density at radius 2 is 1.85 bits per heavy atom. The molecule has 0 fully saturated rings. The number of benzene rings is 2. The molecule has 0 atom stereocenters. The first-order valence-corrected chi connectivity index (χ1v) is 8.64. The van der Waals surface area contributed by atoms with E-state index in [0.717, 1.165) is 35.7 Å². The summed E-state index contributed by atoms with van der Waals surface area (Å²) in [4.78, 5) is 16.0. The molecule has 0 aliphatic carbocycles. The summed E-state index contributed by atoms with van der Waals surface area (Å²) >= 11 is 0. The SMILES string of the molecule is CCN(CC)c1ccc(NC(=O)c2nnn(-c3ccccc3)n2)c(C)c1. The molecule has 0 radical (unpaired) electrons. The third-order valence-electron chi connectivity index (χ3n) is 4.19. The molecular weight excluding hydrogens is 328 g/mol. The summed E-state index contributed by atoms with van der Waals surface area (Å²) in [5.74, 6) is -0.355. The number of rotatable bonds is 6. The van der Waals surface area contributed by atoms with Crippen LogP contribution in [0.2, 0.25) is 0 Å². The smallest absolute Gasteiger partial charge is 0.297 e. The van der Waals surface area contributed by atoms with Gasteiger partial charge in [0.15, 0.2) is 0 Å². The van der Waals surface area contributed by atoms with Crippen LogP contribution in [0.15, 0.2) is 48.5 Å². The molecule has 0 saturated carbocycles. The van der Waals surface area contributed by atoms with Gasteiger partial charge in [-0.3, -0.25) is 4.79 Å². The number of para-hydroxylation sites is 1. The lowest BCUT2D eigenvalue weighted by Gasteiger charge is -2.22. The van der Waals surface area contributed by atoms with Gasteiger partial charge >= 0.3 is 0 Å². The first kappa shape index (κ1) is 17.6. The van der Waals surface area contributed by atoms with Crippen molar-refractivity contribution in [1.29, 1.82) is 0 Å². The molecule has 2 aromatic carbocycles. The van der Waals surface area contributed by atoms with Crippen LogP contribution in [-0.2, 0) is 0 Å². The molecule has 0 saturated heterocycles. The topological polar surface area (TPSA) is 75.9 Å². The number of hydrogen-bond donors (Lipinski definition) is 1. The van der Waals surface area contributed by atoms with E-state index in [9.17, 15) is 4.79 Å². The van der Waals surface area contributed by atoms with Crippen LogP contribution in [0.4, 0.5) is 11.4 Å². The maximum absolute atomic E-state index is 12.4. The van der Waals surface area contributed by atoms with Gasteiger partial charge in [0.25, 0.3) is 11.7 Å². The summed E-state index contributed by atoms with van der Waals surface area (Å²) < 4.78 is 0. The summed E-state index contributed by atoms with van der Waals surface area (Å²) in [7, 11) is 0. The van der Waals surface area contributed by atoms with Gasteiger partial charge in [-0.15, -0.1) is 15.0 Å². The summed E-state index contributed by atoms with van der Waals surface area (Å²) in [6.45, 7) is 8.09. The lowest BCUT2D eigenvalue weighted by molar-refractivity contribution is 0.101. The molecule has 1 amide bonds. The molecule has 0 aliphatic heterocycles. The number of amides is 1. The Kier molecular flexibility index (Phi) is 5.26. The number of aryl methyl sites for hydroxylation is 1. The van der Waals surface area contributed by atoms with Crippen molar-refractivity contribution >= 4 is 17.3 Å². The zero-order valence-corrected chi connectivity index (χ0v) is 15.2. The number of nitrogens with zero attached hydrogens (tertiary/aromatic N) is 5. The lowest BCUT2D eigenvalue weighted by atomic mass is 10.1. The quantitative estimate of drug-likeness (QED) is 0.739. The number of aromatic nitrogens is 4. The van der Waals surface area contributed by atoms with E-state index in [4.69, 9.17) is 0 Å². The van der Waals surface area contributed by atoms with Crippen LogP contribution < -0.4 is 10.2 Å². The first-order valence-electron chi connectivity index (χ1n) is 8.64. The van der Waals surface area contributed by atoms with E-state index >= 15 is 0 Å². The number of carbonyl (C=O) groups excluding carboxylic acids is 1. The van der Waals surface area contributed by atoms with Crippen molar-refractivity contribution in [2.75, 3.05) is 23.3 Å². The van der Waals surface area contributed by atoms with Gasteiger partial charge in [0, 0.05) is 24.5 Å². The van der Waals surface area contributed by atoms with Crippen molar-refractivity contribution < 1.29 is 4.79 Å². The standard InChI is InChI=1S/C19H22N6O/c1-4-24(5-2)16-11-12-17(14(3)13-16)20-19(26)18-21-23-25(22-18)15-9-7-6-8-10-15/h6-13H,4-5H2,1-3H3,(H,20,26). The number of hydrogen-bond acceptors (Lipinski definition) is 5. The Balaban J connectivity index is 1.75. The maximum Gasteiger partial charge on any atom is 0.297 e. The second kappa shape index (κ2) is 7.77. The van der Waals surface area contributed by atoms with Crippen molar-refractivity contribution in [2.24, 2.45) is 0 Å². The van der Waals surface area contributed by atoms with Crippen molar-refractivity contribution in [3.05, 3.63) is 59.9 Å². The molecule has 7 heteroatoms. The van der Waals surface area contributed by atoms with Crippen LogP contribution >= 0.6 is 0 Å². The summed E-state index contributed by atoms with van der Waals surface area (Å²) in [6, 6.07) is 15.3. The molecule has 0 spiro atoms. The minimum absolute atomic E-state index is 0.0288. The van der Waals surface area contributed by atoms with Crippen molar-refractivity contribution in [1.82, 2.24) is 20.2 Å². The lowest BCUT2D eigenvalue weighted by Crippen LogP contribution is -2.22. The zero-order valence-electron chi connectivity index (χ0n) is 15.2. The number of nitrogens with one attached hydrogen (secondary N) is 1. The average Bonchev–Trinajstić information content (AvgIpc) is 3.16. The summed E-state index contributed by atoms with van der Waals surface area (Å²) in [6.07, 6.45) is 0. The second-order valence-electron chi connectivity index (χ2n) is 5.86. The van der Waals surface area contributed by atoms with Crippen LogP contribution in [0.3, 0.4) is 0 Å². The van der Waals surface area contributed by atoms with E-state index in [1.165, 1.54) is 4.80 Å². The van der Waals surface area contributed by atoms with E-state index in [2.05, 4.69) is 45.5 Å². The van der Waals surface area contributed by atoms with Gasteiger partial charge in [0.2, 0.25) is 0 Å². The number of carbonyl (C=O) groups is 1. The van der Waals surface area contributed by atoms with E-state index in [-0.39, 0.29) is 11.7 Å². The fraction of sp³-hybridized carbons (Fsp3) is 0.263. The number of tetrazole rings is 1. The van der Waals surface area contributed by atoms with Crippen LogP contribution in [0.25, 0.3) is 5.69 Å². The highest BCUT2D eigenvalue weighted by Gasteiger charge is 2.15. The molecule has 26 heavy (non-hydrogen) atoms. The van der Waals surface area contributed by atoms with E-state index in [1.54, 1.807) is 0 Å². The molecule has 3 aromatic rings. The average molecular weight is 350 g/mol. The summed E-state index contributed by atoms with van der Waals surface area (Å²) in [5.41, 5.74) is 3.61. The molecule has 1 N–H and O–H groups in total. The van der Waals surface area contributed by atoms with Crippen molar-refractivity contribution in [3.63, 3.8) is 0 Å². The monoisotopic (exact) mass is 350 g/mol. The van der Waals surface area contributed by atoms with Crippen molar-refractivity contribution in [2.45, 2.75) is 20.8 Å². The van der Waals surface area contributed by atoms with Crippen LogP contribution in [0.1, 0.15) is 30.0 Å². The first-order chi connectivity index (χ1) is 12.6. The van der Waals surface area contributed by atoms with Gasteiger partial charge in [-0.25, -0.2) is 0 Å². The Morgan fingerprint density at radius 3 is 2.50 bits per heavy atom.